The summed E-state index contributed by atoms with van der Waals surface area (Å²) in [4.78, 5) is 28.8. The predicted octanol–water partition coefficient (Wildman–Crippen LogP) is 4.94. The summed E-state index contributed by atoms with van der Waals surface area (Å²) < 4.78 is 0. The van der Waals surface area contributed by atoms with E-state index in [1.54, 1.807) is 11.8 Å². The fraction of sp³-hybridized carbons (Fsp3) is 0.231. The number of thioether (sulfide) groups is 1. The van der Waals surface area contributed by atoms with Crippen molar-refractivity contribution in [2.75, 3.05) is 13.1 Å². The zero-order valence-electron chi connectivity index (χ0n) is 17.3. The normalized spacial score (nSPS) is 15.3. The Hall–Kier alpha value is -3.05. The molecule has 31 heavy (non-hydrogen) atoms. The number of nitrogens with one attached hydrogen (secondary N) is 1. The summed E-state index contributed by atoms with van der Waals surface area (Å²) in [5.41, 5.74) is 1.71. The van der Waals surface area contributed by atoms with E-state index in [4.69, 9.17) is 0 Å². The van der Waals surface area contributed by atoms with Gasteiger partial charge in [0.1, 0.15) is 5.25 Å². The maximum atomic E-state index is 13.2. The molecule has 158 valence electrons. The Morgan fingerprint density at radius 2 is 1.35 bits per heavy atom. The first-order valence-electron chi connectivity index (χ1n) is 10.6. The second-order valence-electron chi connectivity index (χ2n) is 7.66. The average Bonchev–Trinajstić information content (AvgIpc) is 2.84. The van der Waals surface area contributed by atoms with E-state index in [1.807, 2.05) is 95.9 Å². The van der Waals surface area contributed by atoms with Gasteiger partial charge in [0.15, 0.2) is 0 Å². The molecule has 2 amide bonds. The zero-order valence-corrected chi connectivity index (χ0v) is 18.1. The molecular weight excluding hydrogens is 404 g/mol. The minimum atomic E-state index is -0.312. The number of piperidine rings is 1. The van der Waals surface area contributed by atoms with Crippen LogP contribution in [-0.2, 0) is 4.79 Å². The van der Waals surface area contributed by atoms with Crippen molar-refractivity contribution < 1.29 is 9.59 Å². The first-order valence-corrected chi connectivity index (χ1v) is 11.5. The van der Waals surface area contributed by atoms with Crippen molar-refractivity contribution in [1.29, 1.82) is 0 Å². The fourth-order valence-electron chi connectivity index (χ4n) is 3.80. The Kier molecular flexibility index (Phi) is 7.05. The van der Waals surface area contributed by atoms with Crippen molar-refractivity contribution in [1.82, 2.24) is 10.2 Å². The molecule has 0 saturated carbocycles. The molecule has 4 rings (SSSR count). The molecule has 1 N–H and O–H groups in total. The quantitative estimate of drug-likeness (QED) is 0.564. The van der Waals surface area contributed by atoms with Gasteiger partial charge in [-0.2, -0.15) is 0 Å². The second-order valence-corrected chi connectivity index (χ2v) is 8.84. The van der Waals surface area contributed by atoms with Crippen molar-refractivity contribution >= 4 is 23.6 Å². The highest BCUT2D eigenvalue weighted by molar-refractivity contribution is 8.00. The van der Waals surface area contributed by atoms with Gasteiger partial charge in [0, 0.05) is 29.6 Å². The highest BCUT2D eigenvalue weighted by Crippen LogP contribution is 2.35. The molecule has 1 fully saturated rings. The summed E-state index contributed by atoms with van der Waals surface area (Å²) in [6, 6.07) is 29.4. The summed E-state index contributed by atoms with van der Waals surface area (Å²) >= 11 is 1.56. The van der Waals surface area contributed by atoms with E-state index in [0.717, 1.165) is 23.3 Å². The second kappa shape index (κ2) is 10.3. The third-order valence-corrected chi connectivity index (χ3v) is 6.75. The molecule has 3 aromatic rings. The maximum absolute atomic E-state index is 13.2. The summed E-state index contributed by atoms with van der Waals surface area (Å²) in [5, 5.41) is 2.93. The number of carbonyl (C=O) groups is 2. The summed E-state index contributed by atoms with van der Waals surface area (Å²) in [6.45, 7) is 1.31. The van der Waals surface area contributed by atoms with Gasteiger partial charge in [0.05, 0.1) is 0 Å². The van der Waals surface area contributed by atoms with Crippen LogP contribution >= 0.6 is 11.8 Å². The number of hydrogen-bond acceptors (Lipinski definition) is 3. The molecule has 0 radical (unpaired) electrons. The van der Waals surface area contributed by atoms with E-state index in [-0.39, 0.29) is 23.1 Å². The maximum Gasteiger partial charge on any atom is 0.253 e. The van der Waals surface area contributed by atoms with Crippen LogP contribution in [0.2, 0.25) is 0 Å². The Bertz CT molecular complexity index is 988. The van der Waals surface area contributed by atoms with Crippen molar-refractivity contribution in [2.24, 2.45) is 0 Å². The number of hydrogen-bond donors (Lipinski definition) is 1. The van der Waals surface area contributed by atoms with Gasteiger partial charge in [-0.15, -0.1) is 11.8 Å². The minimum Gasteiger partial charge on any atom is -0.352 e. The van der Waals surface area contributed by atoms with Crippen molar-refractivity contribution in [3.05, 3.63) is 102 Å². The van der Waals surface area contributed by atoms with Crippen LogP contribution < -0.4 is 5.32 Å². The van der Waals surface area contributed by atoms with Crippen LogP contribution in [0.4, 0.5) is 0 Å². The number of likely N-dealkylation sites (tertiary alicyclic amines) is 1. The van der Waals surface area contributed by atoms with Crippen molar-refractivity contribution in [2.45, 2.75) is 29.0 Å². The van der Waals surface area contributed by atoms with Gasteiger partial charge in [-0.05, 0) is 42.7 Å². The third-order valence-electron chi connectivity index (χ3n) is 5.49. The molecule has 1 unspecified atom stereocenters. The van der Waals surface area contributed by atoms with Gasteiger partial charge >= 0.3 is 0 Å². The minimum absolute atomic E-state index is 0.0212. The van der Waals surface area contributed by atoms with E-state index in [1.165, 1.54) is 0 Å². The van der Waals surface area contributed by atoms with Crippen LogP contribution in [0.3, 0.4) is 0 Å². The lowest BCUT2D eigenvalue weighted by atomic mass is 10.0. The molecule has 1 saturated heterocycles. The first-order chi connectivity index (χ1) is 15.2. The van der Waals surface area contributed by atoms with Crippen molar-refractivity contribution in [3.63, 3.8) is 0 Å². The van der Waals surface area contributed by atoms with Crippen LogP contribution in [0, 0.1) is 0 Å². The topological polar surface area (TPSA) is 49.4 Å². The van der Waals surface area contributed by atoms with Crippen molar-refractivity contribution in [3.8, 4) is 0 Å². The van der Waals surface area contributed by atoms with Crippen LogP contribution in [0.1, 0.15) is 34.0 Å². The molecule has 1 heterocycles. The van der Waals surface area contributed by atoms with Gasteiger partial charge in [-0.25, -0.2) is 0 Å². The number of nitrogens with zero attached hydrogens (tertiary/aromatic N) is 1. The van der Waals surface area contributed by atoms with E-state index in [0.29, 0.717) is 18.7 Å². The number of amides is 2. The lowest BCUT2D eigenvalue weighted by Gasteiger charge is -2.33. The number of rotatable bonds is 6. The molecule has 4 nitrogen and oxygen atoms in total. The third kappa shape index (κ3) is 5.56. The monoisotopic (exact) mass is 430 g/mol. The molecule has 3 aromatic carbocycles. The number of carbonyl (C=O) groups excluding carboxylic acids is 2. The molecule has 0 aromatic heterocycles. The first kappa shape index (κ1) is 21.2. The van der Waals surface area contributed by atoms with Gasteiger partial charge in [-0.3, -0.25) is 9.59 Å². The number of benzene rings is 3. The molecule has 0 spiro atoms. The van der Waals surface area contributed by atoms with Gasteiger partial charge < -0.3 is 10.2 Å². The SMILES string of the molecule is O=C(NC1CCN(C(=O)c2ccccc2)CC1)C(Sc1ccccc1)c1ccccc1. The Balaban J connectivity index is 1.38. The van der Waals surface area contributed by atoms with Gasteiger partial charge in [-0.1, -0.05) is 66.7 Å². The average molecular weight is 431 g/mol. The fourth-order valence-corrected chi connectivity index (χ4v) is 4.86. The Morgan fingerprint density at radius 3 is 1.97 bits per heavy atom. The Labute approximate surface area is 187 Å². The van der Waals surface area contributed by atoms with Gasteiger partial charge in [0.2, 0.25) is 5.91 Å². The van der Waals surface area contributed by atoms with Crippen LogP contribution in [-0.4, -0.2) is 35.8 Å². The van der Waals surface area contributed by atoms with E-state index < -0.39 is 0 Å². The summed E-state index contributed by atoms with van der Waals surface area (Å²) in [5.74, 6) is 0.0834. The summed E-state index contributed by atoms with van der Waals surface area (Å²) in [7, 11) is 0. The van der Waals surface area contributed by atoms with E-state index >= 15 is 0 Å². The van der Waals surface area contributed by atoms with Crippen LogP contribution in [0.15, 0.2) is 95.9 Å². The predicted molar refractivity (Wildman–Crippen MR) is 125 cm³/mol. The Morgan fingerprint density at radius 1 is 0.806 bits per heavy atom. The highest BCUT2D eigenvalue weighted by Gasteiger charge is 2.28. The standard InChI is InChI=1S/C26H26N2O2S/c29-25(24(20-10-4-1-5-11-20)31-23-14-8-3-9-15-23)27-22-16-18-28(19-17-22)26(30)21-12-6-2-7-13-21/h1-15,22,24H,16-19H2,(H,27,29). The van der Waals surface area contributed by atoms with E-state index in [9.17, 15) is 9.59 Å². The molecule has 0 bridgehead atoms. The zero-order chi connectivity index (χ0) is 21.5. The lowest BCUT2D eigenvalue weighted by molar-refractivity contribution is -0.121. The molecule has 1 aliphatic heterocycles. The van der Waals surface area contributed by atoms with Crippen LogP contribution in [0.5, 0.6) is 0 Å². The molecule has 5 heteroatoms. The smallest absolute Gasteiger partial charge is 0.253 e. The molecule has 1 aliphatic rings. The van der Waals surface area contributed by atoms with E-state index in [2.05, 4.69) is 5.32 Å². The molecule has 0 aliphatic carbocycles. The highest BCUT2D eigenvalue weighted by atomic mass is 32.2. The largest absolute Gasteiger partial charge is 0.352 e. The van der Waals surface area contributed by atoms with Crippen LogP contribution in [0.25, 0.3) is 0 Å². The van der Waals surface area contributed by atoms with Gasteiger partial charge in [0.25, 0.3) is 5.91 Å². The molecular formula is C26H26N2O2S. The molecule has 1 atom stereocenters. The summed E-state index contributed by atoms with van der Waals surface area (Å²) in [6.07, 6.45) is 1.53. The lowest BCUT2D eigenvalue weighted by Crippen LogP contribution is -2.47.